The molecule has 0 aromatic rings. The average molecular weight is 227 g/mol. The van der Waals surface area contributed by atoms with Crippen LogP contribution in [-0.2, 0) is 18.9 Å². The van der Waals surface area contributed by atoms with Gasteiger partial charge in [-0.25, -0.2) is 0 Å². The van der Waals surface area contributed by atoms with Gasteiger partial charge in [0.25, 0.3) is 0 Å². The largest absolute Gasteiger partial charge is 0.524 e. The summed E-state index contributed by atoms with van der Waals surface area (Å²) in [6.45, 7) is 7.10. The molecular formula is C10H18BNO4. The fraction of sp³-hybridized carbons (Fsp3) is 0.800. The SMILES string of the molecule is CB1OC(=O)C([C@H](C)N(C)C(C)(C)C=O)O1. The second-order valence-electron chi connectivity index (χ2n) is 4.68. The van der Waals surface area contributed by atoms with Crippen molar-refractivity contribution in [1.29, 1.82) is 0 Å². The van der Waals surface area contributed by atoms with Gasteiger partial charge in [-0.05, 0) is 34.6 Å². The molecule has 0 spiro atoms. The van der Waals surface area contributed by atoms with Crippen molar-refractivity contribution in [2.24, 2.45) is 0 Å². The molecule has 0 aromatic heterocycles. The highest BCUT2D eigenvalue weighted by molar-refractivity contribution is 6.47. The van der Waals surface area contributed by atoms with Crippen molar-refractivity contribution < 1.29 is 18.9 Å². The van der Waals surface area contributed by atoms with E-state index in [0.717, 1.165) is 6.29 Å². The van der Waals surface area contributed by atoms with Crippen LogP contribution in [0.15, 0.2) is 0 Å². The Morgan fingerprint density at radius 3 is 2.50 bits per heavy atom. The van der Waals surface area contributed by atoms with Crippen LogP contribution in [0.3, 0.4) is 0 Å². The van der Waals surface area contributed by atoms with E-state index in [-0.39, 0.29) is 12.0 Å². The molecule has 1 fully saturated rings. The Bertz CT molecular complexity index is 295. The minimum absolute atomic E-state index is 0.211. The van der Waals surface area contributed by atoms with Gasteiger partial charge in [-0.2, -0.15) is 0 Å². The van der Waals surface area contributed by atoms with Crippen LogP contribution in [0.1, 0.15) is 20.8 Å². The van der Waals surface area contributed by atoms with Gasteiger partial charge in [0.1, 0.15) is 6.29 Å². The van der Waals surface area contributed by atoms with E-state index in [0.29, 0.717) is 0 Å². The van der Waals surface area contributed by atoms with Gasteiger partial charge in [0.05, 0.1) is 5.54 Å². The van der Waals surface area contributed by atoms with Crippen LogP contribution in [0, 0.1) is 0 Å². The maximum atomic E-state index is 11.5. The molecular weight excluding hydrogens is 209 g/mol. The Morgan fingerprint density at radius 1 is 1.56 bits per heavy atom. The molecule has 90 valence electrons. The van der Waals surface area contributed by atoms with Crippen molar-refractivity contribution >= 4 is 19.4 Å². The van der Waals surface area contributed by atoms with Crippen LogP contribution in [0.2, 0.25) is 6.82 Å². The quantitative estimate of drug-likeness (QED) is 0.512. The lowest BCUT2D eigenvalue weighted by atomic mass is 9.96. The lowest BCUT2D eigenvalue weighted by molar-refractivity contribution is -0.139. The van der Waals surface area contributed by atoms with Crippen LogP contribution in [0.25, 0.3) is 0 Å². The van der Waals surface area contributed by atoms with Crippen LogP contribution in [-0.4, -0.2) is 49.0 Å². The number of hydrogen-bond donors (Lipinski definition) is 0. The van der Waals surface area contributed by atoms with Crippen LogP contribution >= 0.6 is 0 Å². The number of carbonyl (C=O) groups is 2. The van der Waals surface area contributed by atoms with Gasteiger partial charge in [0, 0.05) is 6.04 Å². The number of hydrogen-bond acceptors (Lipinski definition) is 5. The minimum Gasteiger partial charge on any atom is -0.508 e. The predicted octanol–water partition coefficient (Wildman–Crippen LogP) is 0.344. The fourth-order valence-corrected chi connectivity index (χ4v) is 1.64. The molecule has 0 radical (unpaired) electrons. The average Bonchev–Trinajstić information content (AvgIpc) is 2.55. The molecule has 5 nitrogen and oxygen atoms in total. The number of likely N-dealkylation sites (N-methyl/N-ethyl adjacent to an activating group) is 1. The summed E-state index contributed by atoms with van der Waals surface area (Å²) in [6, 6.07) is -0.211. The van der Waals surface area contributed by atoms with E-state index in [1.165, 1.54) is 0 Å². The summed E-state index contributed by atoms with van der Waals surface area (Å²) in [5, 5.41) is 0. The lowest BCUT2D eigenvalue weighted by Crippen LogP contribution is -2.53. The molecule has 16 heavy (non-hydrogen) atoms. The van der Waals surface area contributed by atoms with Gasteiger partial charge in [-0.3, -0.25) is 9.69 Å². The third kappa shape index (κ3) is 2.44. The molecule has 0 aromatic carbocycles. The summed E-state index contributed by atoms with van der Waals surface area (Å²) in [5.74, 6) is -0.367. The summed E-state index contributed by atoms with van der Waals surface area (Å²) in [4.78, 5) is 24.2. The maximum Gasteiger partial charge on any atom is 0.524 e. The first-order chi connectivity index (χ1) is 7.29. The monoisotopic (exact) mass is 227 g/mol. The van der Waals surface area contributed by atoms with Crippen molar-refractivity contribution in [3.8, 4) is 0 Å². The zero-order chi connectivity index (χ0) is 12.5. The molecule has 1 aliphatic rings. The van der Waals surface area contributed by atoms with Crippen molar-refractivity contribution in [3.05, 3.63) is 0 Å². The van der Waals surface area contributed by atoms with Gasteiger partial charge >= 0.3 is 13.1 Å². The van der Waals surface area contributed by atoms with Crippen LogP contribution < -0.4 is 0 Å². The van der Waals surface area contributed by atoms with Gasteiger partial charge in [0.2, 0.25) is 0 Å². The highest BCUT2D eigenvalue weighted by Crippen LogP contribution is 2.21. The molecule has 1 rings (SSSR count). The summed E-state index contributed by atoms with van der Waals surface area (Å²) in [5.41, 5.74) is -0.630. The molecule has 1 heterocycles. The Balaban J connectivity index is 2.74. The first-order valence-electron chi connectivity index (χ1n) is 5.35. The Kier molecular flexibility index (Phi) is 3.75. The van der Waals surface area contributed by atoms with Gasteiger partial charge in [-0.15, -0.1) is 0 Å². The summed E-state index contributed by atoms with van der Waals surface area (Å²) < 4.78 is 10.3. The Morgan fingerprint density at radius 2 is 2.12 bits per heavy atom. The van der Waals surface area contributed by atoms with Gasteiger partial charge < -0.3 is 14.1 Å². The summed E-state index contributed by atoms with van der Waals surface area (Å²) in [7, 11) is 1.28. The smallest absolute Gasteiger partial charge is 0.508 e. The van der Waals surface area contributed by atoms with Crippen molar-refractivity contribution in [2.45, 2.75) is 45.3 Å². The van der Waals surface area contributed by atoms with E-state index in [1.54, 1.807) is 27.7 Å². The molecule has 0 amide bonds. The molecule has 0 aliphatic carbocycles. The molecule has 0 N–H and O–H groups in total. The van der Waals surface area contributed by atoms with E-state index < -0.39 is 18.8 Å². The highest BCUT2D eigenvalue weighted by atomic mass is 16.7. The van der Waals surface area contributed by atoms with Gasteiger partial charge in [0.15, 0.2) is 6.10 Å². The normalized spacial score (nSPS) is 23.5. The number of carbonyl (C=O) groups excluding carboxylic acids is 2. The zero-order valence-electron chi connectivity index (χ0n) is 10.4. The first-order valence-corrected chi connectivity index (χ1v) is 5.35. The van der Waals surface area contributed by atoms with Crippen molar-refractivity contribution in [3.63, 3.8) is 0 Å². The van der Waals surface area contributed by atoms with E-state index in [1.807, 2.05) is 11.8 Å². The molecule has 6 heteroatoms. The van der Waals surface area contributed by atoms with Crippen LogP contribution in [0.4, 0.5) is 0 Å². The second-order valence-corrected chi connectivity index (χ2v) is 4.68. The van der Waals surface area contributed by atoms with E-state index in [9.17, 15) is 9.59 Å². The third-order valence-corrected chi connectivity index (χ3v) is 3.10. The number of nitrogens with zero attached hydrogens (tertiary/aromatic N) is 1. The summed E-state index contributed by atoms with van der Waals surface area (Å²) >= 11 is 0. The molecule has 1 aliphatic heterocycles. The van der Waals surface area contributed by atoms with E-state index >= 15 is 0 Å². The predicted molar refractivity (Wildman–Crippen MR) is 60.0 cm³/mol. The topological polar surface area (TPSA) is 55.8 Å². The van der Waals surface area contributed by atoms with E-state index in [4.69, 9.17) is 9.31 Å². The Labute approximate surface area is 96.2 Å². The third-order valence-electron chi connectivity index (χ3n) is 3.10. The lowest BCUT2D eigenvalue weighted by Gasteiger charge is -2.37. The van der Waals surface area contributed by atoms with Crippen LogP contribution in [0.5, 0.6) is 0 Å². The second kappa shape index (κ2) is 4.55. The first kappa shape index (κ1) is 13.2. The highest BCUT2D eigenvalue weighted by Gasteiger charge is 2.43. The standard InChI is InChI=1S/C10H18BNO4/c1-7(12(5)10(2,3)6-13)8-9(14)16-11(4)15-8/h6-8H,1-5H3/t7-,8?/m0/s1. The number of rotatable bonds is 4. The molecule has 1 unspecified atom stereocenters. The molecule has 2 atom stereocenters. The maximum absolute atomic E-state index is 11.5. The Hall–Kier alpha value is -0.875. The van der Waals surface area contributed by atoms with Crippen molar-refractivity contribution in [2.75, 3.05) is 7.05 Å². The molecule has 1 saturated heterocycles. The number of aldehydes is 1. The molecule has 0 bridgehead atoms. The van der Waals surface area contributed by atoms with Crippen molar-refractivity contribution in [1.82, 2.24) is 4.90 Å². The minimum atomic E-state index is -0.630. The zero-order valence-corrected chi connectivity index (χ0v) is 10.4. The van der Waals surface area contributed by atoms with Gasteiger partial charge in [-0.1, -0.05) is 0 Å². The van der Waals surface area contributed by atoms with E-state index in [2.05, 4.69) is 0 Å². The molecule has 0 saturated carbocycles. The summed E-state index contributed by atoms with van der Waals surface area (Å²) in [6.07, 6.45) is 0.229. The fourth-order valence-electron chi connectivity index (χ4n) is 1.64.